The first-order chi connectivity index (χ1) is 9.91. The molecule has 1 fully saturated rings. The van der Waals surface area contributed by atoms with E-state index >= 15 is 0 Å². The minimum Gasteiger partial charge on any atom is -0.478 e. The second-order valence-electron chi connectivity index (χ2n) is 4.92. The molecule has 1 aromatic carbocycles. The summed E-state index contributed by atoms with van der Waals surface area (Å²) in [5, 5.41) is 20.4. The lowest BCUT2D eigenvalue weighted by atomic mass is 9.96. The molecule has 1 saturated heterocycles. The number of amides is 1. The number of nitro benzene ring substituents is 1. The maximum absolute atomic E-state index is 11.3. The van der Waals surface area contributed by atoms with E-state index in [0.29, 0.717) is 19.4 Å². The third-order valence-electron chi connectivity index (χ3n) is 3.58. The highest BCUT2D eigenvalue weighted by Gasteiger charge is 2.31. The van der Waals surface area contributed by atoms with Crippen LogP contribution in [0.15, 0.2) is 18.2 Å². The van der Waals surface area contributed by atoms with Gasteiger partial charge in [0.05, 0.1) is 16.4 Å². The first-order valence-corrected chi connectivity index (χ1v) is 6.46. The van der Waals surface area contributed by atoms with Crippen LogP contribution >= 0.6 is 0 Å². The molecular formula is C13H15N3O5. The fraction of sp³-hybridized carbons (Fsp3) is 0.385. The van der Waals surface area contributed by atoms with Gasteiger partial charge in [0.1, 0.15) is 5.69 Å². The van der Waals surface area contributed by atoms with Crippen LogP contribution < -0.4 is 10.6 Å². The van der Waals surface area contributed by atoms with Crippen LogP contribution in [0.2, 0.25) is 0 Å². The van der Waals surface area contributed by atoms with E-state index in [2.05, 4.69) is 0 Å². The Morgan fingerprint density at radius 3 is 2.71 bits per heavy atom. The van der Waals surface area contributed by atoms with Gasteiger partial charge in [-0.25, -0.2) is 4.79 Å². The van der Waals surface area contributed by atoms with Crippen LogP contribution in [-0.4, -0.2) is 35.0 Å². The van der Waals surface area contributed by atoms with Gasteiger partial charge in [-0.2, -0.15) is 0 Å². The summed E-state index contributed by atoms with van der Waals surface area (Å²) in [5.41, 5.74) is 4.91. The summed E-state index contributed by atoms with van der Waals surface area (Å²) in [5.74, 6) is -2.15. The van der Waals surface area contributed by atoms with E-state index in [0.717, 1.165) is 0 Å². The zero-order chi connectivity index (χ0) is 15.6. The third-order valence-corrected chi connectivity index (χ3v) is 3.58. The van der Waals surface area contributed by atoms with Crippen molar-refractivity contribution in [2.24, 2.45) is 11.7 Å². The van der Waals surface area contributed by atoms with Crippen LogP contribution in [0.25, 0.3) is 0 Å². The summed E-state index contributed by atoms with van der Waals surface area (Å²) in [6, 6.07) is 3.91. The van der Waals surface area contributed by atoms with Crippen molar-refractivity contribution in [3.63, 3.8) is 0 Å². The van der Waals surface area contributed by atoms with Crippen molar-refractivity contribution >= 4 is 23.3 Å². The van der Waals surface area contributed by atoms with Gasteiger partial charge in [0, 0.05) is 19.2 Å². The van der Waals surface area contributed by atoms with E-state index in [1.165, 1.54) is 18.2 Å². The Morgan fingerprint density at radius 2 is 2.14 bits per heavy atom. The van der Waals surface area contributed by atoms with Gasteiger partial charge in [-0.15, -0.1) is 0 Å². The number of nitro groups is 1. The Kier molecular flexibility index (Phi) is 4.06. The van der Waals surface area contributed by atoms with E-state index in [1.54, 1.807) is 4.90 Å². The van der Waals surface area contributed by atoms with Crippen molar-refractivity contribution in [1.82, 2.24) is 0 Å². The van der Waals surface area contributed by atoms with Crippen molar-refractivity contribution in [3.8, 4) is 0 Å². The first-order valence-electron chi connectivity index (χ1n) is 6.46. The molecule has 0 spiro atoms. The van der Waals surface area contributed by atoms with Crippen molar-refractivity contribution in [2.45, 2.75) is 12.8 Å². The van der Waals surface area contributed by atoms with Gasteiger partial charge in [-0.3, -0.25) is 14.9 Å². The number of aromatic carboxylic acids is 1. The van der Waals surface area contributed by atoms with Crippen molar-refractivity contribution in [2.75, 3.05) is 18.0 Å². The van der Waals surface area contributed by atoms with Crippen molar-refractivity contribution < 1.29 is 19.6 Å². The molecule has 2 rings (SSSR count). The quantitative estimate of drug-likeness (QED) is 0.629. The highest BCUT2D eigenvalue weighted by atomic mass is 16.6. The maximum atomic E-state index is 11.3. The van der Waals surface area contributed by atoms with E-state index in [-0.39, 0.29) is 23.5 Å². The van der Waals surface area contributed by atoms with Crippen LogP contribution in [0.5, 0.6) is 0 Å². The predicted molar refractivity (Wildman–Crippen MR) is 74.2 cm³/mol. The SMILES string of the molecule is NC(=O)C1CCCN(c2c(C(=O)O)cccc2[N+](=O)[O-])C1. The number of rotatable bonds is 4. The molecule has 0 aliphatic carbocycles. The van der Waals surface area contributed by atoms with Crippen LogP contribution in [0.4, 0.5) is 11.4 Å². The molecule has 1 amide bonds. The average molecular weight is 293 g/mol. The molecule has 3 N–H and O–H groups in total. The number of carbonyl (C=O) groups excluding carboxylic acids is 1. The zero-order valence-electron chi connectivity index (χ0n) is 11.2. The fourth-order valence-corrected chi connectivity index (χ4v) is 2.60. The lowest BCUT2D eigenvalue weighted by Crippen LogP contribution is -2.42. The van der Waals surface area contributed by atoms with Gasteiger partial charge < -0.3 is 15.7 Å². The standard InChI is InChI=1S/C13H15N3O5/c14-12(17)8-3-2-6-15(7-8)11-9(13(18)19)4-1-5-10(11)16(20)21/h1,4-5,8H,2-3,6-7H2,(H2,14,17)(H,18,19). The maximum Gasteiger partial charge on any atom is 0.338 e. The Labute approximate surface area is 120 Å². The van der Waals surface area contributed by atoms with E-state index < -0.39 is 22.7 Å². The molecule has 1 aliphatic heterocycles. The number of carbonyl (C=O) groups is 2. The summed E-state index contributed by atoms with van der Waals surface area (Å²) in [6.45, 7) is 0.648. The molecule has 1 aromatic rings. The number of hydrogen-bond donors (Lipinski definition) is 2. The number of piperidine rings is 1. The third kappa shape index (κ3) is 2.93. The number of anilines is 1. The molecule has 0 bridgehead atoms. The Balaban J connectivity index is 2.48. The topological polar surface area (TPSA) is 127 Å². The van der Waals surface area contributed by atoms with E-state index in [4.69, 9.17) is 5.73 Å². The molecule has 0 saturated carbocycles. The molecule has 1 atom stereocenters. The van der Waals surface area contributed by atoms with Gasteiger partial charge in [-0.1, -0.05) is 6.07 Å². The molecule has 1 aliphatic rings. The van der Waals surface area contributed by atoms with Gasteiger partial charge >= 0.3 is 5.97 Å². The molecule has 0 radical (unpaired) electrons. The number of nitrogens with zero attached hydrogens (tertiary/aromatic N) is 2. The largest absolute Gasteiger partial charge is 0.478 e. The molecule has 0 aromatic heterocycles. The molecule has 112 valence electrons. The monoisotopic (exact) mass is 293 g/mol. The number of carboxylic acid groups (broad SMARTS) is 1. The number of hydrogen-bond acceptors (Lipinski definition) is 5. The second kappa shape index (κ2) is 5.78. The van der Waals surface area contributed by atoms with E-state index in [9.17, 15) is 24.8 Å². The van der Waals surface area contributed by atoms with E-state index in [1.807, 2.05) is 0 Å². The van der Waals surface area contributed by atoms with Gasteiger partial charge in [0.2, 0.25) is 5.91 Å². The zero-order valence-corrected chi connectivity index (χ0v) is 11.2. The lowest BCUT2D eigenvalue weighted by Gasteiger charge is -2.33. The Morgan fingerprint density at radius 1 is 1.43 bits per heavy atom. The second-order valence-corrected chi connectivity index (χ2v) is 4.92. The first kappa shape index (κ1) is 14.8. The number of nitrogens with two attached hydrogens (primary N) is 1. The summed E-state index contributed by atoms with van der Waals surface area (Å²) >= 11 is 0. The van der Waals surface area contributed by atoms with Gasteiger partial charge in [-0.05, 0) is 18.9 Å². The summed E-state index contributed by atoms with van der Waals surface area (Å²) in [4.78, 5) is 34.7. The fourth-order valence-electron chi connectivity index (χ4n) is 2.60. The minimum atomic E-state index is -1.24. The van der Waals surface area contributed by atoms with Gasteiger partial charge in [0.25, 0.3) is 5.69 Å². The number of para-hydroxylation sites is 1. The lowest BCUT2D eigenvalue weighted by molar-refractivity contribution is -0.384. The molecule has 8 heteroatoms. The van der Waals surface area contributed by atoms with Crippen LogP contribution in [0.1, 0.15) is 23.2 Å². The molecule has 1 heterocycles. The smallest absolute Gasteiger partial charge is 0.338 e. The van der Waals surface area contributed by atoms with Crippen LogP contribution in [0.3, 0.4) is 0 Å². The minimum absolute atomic E-state index is 0.0425. The van der Waals surface area contributed by atoms with Crippen LogP contribution in [0, 0.1) is 16.0 Å². The number of benzene rings is 1. The summed E-state index contributed by atoms with van der Waals surface area (Å²) in [6.07, 6.45) is 1.23. The Bertz CT molecular complexity index is 569. The number of primary amides is 1. The molecule has 21 heavy (non-hydrogen) atoms. The summed E-state index contributed by atoms with van der Waals surface area (Å²) < 4.78 is 0. The highest BCUT2D eigenvalue weighted by molar-refractivity contribution is 5.97. The average Bonchev–Trinajstić information content (AvgIpc) is 2.46. The normalized spacial score (nSPS) is 18.3. The number of carboxylic acids is 1. The molecular weight excluding hydrogens is 278 g/mol. The Hall–Kier alpha value is -2.64. The highest BCUT2D eigenvalue weighted by Crippen LogP contribution is 2.34. The van der Waals surface area contributed by atoms with Crippen molar-refractivity contribution in [3.05, 3.63) is 33.9 Å². The molecule has 8 nitrogen and oxygen atoms in total. The van der Waals surface area contributed by atoms with Crippen molar-refractivity contribution in [1.29, 1.82) is 0 Å². The molecule has 1 unspecified atom stereocenters. The van der Waals surface area contributed by atoms with Gasteiger partial charge in [0.15, 0.2) is 0 Å². The van der Waals surface area contributed by atoms with Crippen LogP contribution in [-0.2, 0) is 4.79 Å². The predicted octanol–water partition coefficient (Wildman–Crippen LogP) is 0.995. The summed E-state index contributed by atoms with van der Waals surface area (Å²) in [7, 11) is 0.